The fourth-order valence-electron chi connectivity index (χ4n) is 2.00. The molecule has 1 aromatic rings. The van der Waals surface area contributed by atoms with E-state index in [0.29, 0.717) is 18.0 Å². The molecule has 2 atom stereocenters. The maximum Gasteiger partial charge on any atom is 0.260 e. The van der Waals surface area contributed by atoms with E-state index < -0.39 is 6.10 Å². The molecule has 0 saturated carbocycles. The van der Waals surface area contributed by atoms with Gasteiger partial charge in [0, 0.05) is 13.2 Å². The van der Waals surface area contributed by atoms with Crippen LogP contribution in [0.3, 0.4) is 0 Å². The summed E-state index contributed by atoms with van der Waals surface area (Å²) in [6.07, 6.45) is 1.62. The Hall–Kier alpha value is -1.75. The first-order valence-electron chi connectivity index (χ1n) is 6.57. The Morgan fingerprint density at radius 1 is 1.58 bits per heavy atom. The minimum absolute atomic E-state index is 0.137. The van der Waals surface area contributed by atoms with E-state index in [1.807, 2.05) is 12.1 Å². The van der Waals surface area contributed by atoms with Gasteiger partial charge in [-0.2, -0.15) is 0 Å². The van der Waals surface area contributed by atoms with Crippen LogP contribution in [0.2, 0.25) is 0 Å². The molecule has 1 fully saturated rings. The molecular formula is C14H20N2O3. The lowest BCUT2D eigenvalue weighted by atomic mass is 10.2. The quantitative estimate of drug-likeness (QED) is 0.787. The van der Waals surface area contributed by atoms with Crippen LogP contribution in [0.25, 0.3) is 0 Å². The summed E-state index contributed by atoms with van der Waals surface area (Å²) in [6.45, 7) is 3.03. The molecule has 1 aromatic carbocycles. The minimum Gasteiger partial charge on any atom is -0.479 e. The summed E-state index contributed by atoms with van der Waals surface area (Å²) < 4.78 is 11.0. The van der Waals surface area contributed by atoms with Crippen molar-refractivity contribution in [3.63, 3.8) is 0 Å². The van der Waals surface area contributed by atoms with Gasteiger partial charge in [0.15, 0.2) is 6.10 Å². The lowest BCUT2D eigenvalue weighted by Crippen LogP contribution is -2.40. The molecule has 0 aromatic heterocycles. The van der Waals surface area contributed by atoms with Crippen molar-refractivity contribution in [2.75, 3.05) is 18.9 Å². The maximum atomic E-state index is 11.9. The molecule has 5 nitrogen and oxygen atoms in total. The highest BCUT2D eigenvalue weighted by molar-refractivity contribution is 5.80. The lowest BCUT2D eigenvalue weighted by Gasteiger charge is -2.17. The van der Waals surface area contributed by atoms with E-state index in [4.69, 9.17) is 15.2 Å². The van der Waals surface area contributed by atoms with E-state index in [-0.39, 0.29) is 12.0 Å². The van der Waals surface area contributed by atoms with Gasteiger partial charge in [-0.05, 0) is 31.9 Å². The molecule has 0 spiro atoms. The van der Waals surface area contributed by atoms with Gasteiger partial charge in [-0.1, -0.05) is 12.1 Å². The summed E-state index contributed by atoms with van der Waals surface area (Å²) in [5, 5.41) is 2.83. The van der Waals surface area contributed by atoms with Crippen LogP contribution < -0.4 is 15.8 Å². The number of hydrogen-bond acceptors (Lipinski definition) is 4. The van der Waals surface area contributed by atoms with Crippen molar-refractivity contribution in [3.05, 3.63) is 24.3 Å². The van der Waals surface area contributed by atoms with Gasteiger partial charge in [0.2, 0.25) is 0 Å². The molecule has 0 radical (unpaired) electrons. The van der Waals surface area contributed by atoms with Gasteiger partial charge < -0.3 is 20.5 Å². The molecule has 0 bridgehead atoms. The van der Waals surface area contributed by atoms with E-state index in [9.17, 15) is 4.79 Å². The first kappa shape index (κ1) is 13.7. The number of hydrogen-bond donors (Lipinski definition) is 2. The third-order valence-electron chi connectivity index (χ3n) is 3.12. The van der Waals surface area contributed by atoms with Gasteiger partial charge in [0.1, 0.15) is 5.75 Å². The summed E-state index contributed by atoms with van der Waals surface area (Å²) in [7, 11) is 0. The molecule has 0 aliphatic carbocycles. The molecule has 104 valence electrons. The molecule has 2 rings (SSSR count). The Balaban J connectivity index is 1.80. The Morgan fingerprint density at radius 3 is 3.05 bits per heavy atom. The minimum atomic E-state index is -0.578. The van der Waals surface area contributed by atoms with Gasteiger partial charge >= 0.3 is 0 Å². The van der Waals surface area contributed by atoms with Crippen molar-refractivity contribution < 1.29 is 14.3 Å². The lowest BCUT2D eigenvalue weighted by molar-refractivity contribution is -0.127. The number of para-hydroxylation sites is 2. The average molecular weight is 264 g/mol. The average Bonchev–Trinajstić information content (AvgIpc) is 2.91. The second-order valence-corrected chi connectivity index (χ2v) is 4.68. The Morgan fingerprint density at radius 2 is 2.37 bits per heavy atom. The molecule has 1 aliphatic heterocycles. The van der Waals surface area contributed by atoms with E-state index >= 15 is 0 Å². The summed E-state index contributed by atoms with van der Waals surface area (Å²) in [5.41, 5.74) is 6.29. The fraction of sp³-hybridized carbons (Fsp3) is 0.500. The topological polar surface area (TPSA) is 73.6 Å². The Labute approximate surface area is 113 Å². The van der Waals surface area contributed by atoms with Crippen LogP contribution in [0.5, 0.6) is 5.75 Å². The zero-order valence-electron chi connectivity index (χ0n) is 11.1. The summed E-state index contributed by atoms with van der Waals surface area (Å²) >= 11 is 0. The second-order valence-electron chi connectivity index (χ2n) is 4.68. The highest BCUT2D eigenvalue weighted by Crippen LogP contribution is 2.21. The van der Waals surface area contributed by atoms with Crippen LogP contribution in [0.1, 0.15) is 19.8 Å². The van der Waals surface area contributed by atoms with Crippen molar-refractivity contribution in [1.82, 2.24) is 5.32 Å². The largest absolute Gasteiger partial charge is 0.479 e. The van der Waals surface area contributed by atoms with E-state index in [1.54, 1.807) is 19.1 Å². The fourth-order valence-corrected chi connectivity index (χ4v) is 2.00. The van der Waals surface area contributed by atoms with Crippen LogP contribution in [0.4, 0.5) is 5.69 Å². The predicted molar refractivity (Wildman–Crippen MR) is 72.9 cm³/mol. The van der Waals surface area contributed by atoms with Crippen LogP contribution in [-0.4, -0.2) is 31.3 Å². The number of amides is 1. The van der Waals surface area contributed by atoms with Crippen LogP contribution in [-0.2, 0) is 9.53 Å². The molecule has 5 heteroatoms. The first-order chi connectivity index (χ1) is 9.16. The smallest absolute Gasteiger partial charge is 0.260 e. The molecule has 2 unspecified atom stereocenters. The third kappa shape index (κ3) is 3.86. The number of anilines is 1. The number of rotatable bonds is 5. The van der Waals surface area contributed by atoms with Crippen molar-refractivity contribution in [1.29, 1.82) is 0 Å². The SMILES string of the molecule is CC(Oc1ccccc1N)C(=O)NCC1CCCO1. The predicted octanol–water partition coefficient (Wildman–Crippen LogP) is 1.33. The maximum absolute atomic E-state index is 11.9. The molecule has 3 N–H and O–H groups in total. The van der Waals surface area contributed by atoms with Crippen LogP contribution in [0, 0.1) is 0 Å². The summed E-state index contributed by atoms with van der Waals surface area (Å²) in [5.74, 6) is 0.376. The number of nitrogens with two attached hydrogens (primary N) is 1. The zero-order valence-corrected chi connectivity index (χ0v) is 11.1. The number of carbonyl (C=O) groups excluding carboxylic acids is 1. The van der Waals surface area contributed by atoms with Gasteiger partial charge in [-0.15, -0.1) is 0 Å². The molecule has 1 heterocycles. The van der Waals surface area contributed by atoms with Gasteiger partial charge in [-0.3, -0.25) is 4.79 Å². The number of nitrogens with one attached hydrogen (secondary N) is 1. The van der Waals surface area contributed by atoms with Gasteiger partial charge in [0.25, 0.3) is 5.91 Å². The second kappa shape index (κ2) is 6.43. The van der Waals surface area contributed by atoms with Gasteiger partial charge in [0.05, 0.1) is 11.8 Å². The van der Waals surface area contributed by atoms with Crippen molar-refractivity contribution in [2.24, 2.45) is 0 Å². The standard InChI is InChI=1S/C14H20N2O3/c1-10(19-13-7-3-2-6-12(13)15)14(17)16-9-11-5-4-8-18-11/h2-3,6-7,10-11H,4-5,8-9,15H2,1H3,(H,16,17). The monoisotopic (exact) mass is 264 g/mol. The van der Waals surface area contributed by atoms with Crippen molar-refractivity contribution in [3.8, 4) is 5.75 Å². The molecule has 19 heavy (non-hydrogen) atoms. The number of carbonyl (C=O) groups is 1. The zero-order chi connectivity index (χ0) is 13.7. The van der Waals surface area contributed by atoms with Crippen molar-refractivity contribution >= 4 is 11.6 Å². The summed E-state index contributed by atoms with van der Waals surface area (Å²) in [4.78, 5) is 11.9. The first-order valence-corrected chi connectivity index (χ1v) is 6.57. The van der Waals surface area contributed by atoms with Crippen molar-refractivity contribution in [2.45, 2.75) is 32.0 Å². The number of benzene rings is 1. The highest BCUT2D eigenvalue weighted by atomic mass is 16.5. The molecule has 1 aliphatic rings. The van der Waals surface area contributed by atoms with E-state index in [1.165, 1.54) is 0 Å². The Bertz CT molecular complexity index is 430. The molecule has 1 amide bonds. The number of ether oxygens (including phenoxy) is 2. The van der Waals surface area contributed by atoms with Crippen LogP contribution >= 0.6 is 0 Å². The highest BCUT2D eigenvalue weighted by Gasteiger charge is 2.19. The molecular weight excluding hydrogens is 244 g/mol. The van der Waals surface area contributed by atoms with Crippen LogP contribution in [0.15, 0.2) is 24.3 Å². The normalized spacial score (nSPS) is 19.9. The van der Waals surface area contributed by atoms with Gasteiger partial charge in [-0.25, -0.2) is 0 Å². The Kier molecular flexibility index (Phi) is 4.63. The third-order valence-corrected chi connectivity index (χ3v) is 3.12. The molecule has 1 saturated heterocycles. The summed E-state index contributed by atoms with van der Waals surface area (Å²) in [6, 6.07) is 7.14. The van der Waals surface area contributed by atoms with E-state index in [0.717, 1.165) is 19.4 Å². The number of nitrogen functional groups attached to an aromatic ring is 1. The van der Waals surface area contributed by atoms with E-state index in [2.05, 4.69) is 5.32 Å².